The van der Waals surface area contributed by atoms with Gasteiger partial charge < -0.3 is 10.1 Å². The standard InChI is InChI=1S/C15H19NOS/c1-17-15-8-7-12-5-3-4-6-13(12)14(15)11-16-9-10-18-2/h3-8,16H,9-11H2,1-2H3. The molecule has 0 aliphatic carbocycles. The molecule has 0 radical (unpaired) electrons. The van der Waals surface area contributed by atoms with Crippen LogP contribution in [0.3, 0.4) is 0 Å². The van der Waals surface area contributed by atoms with Gasteiger partial charge >= 0.3 is 0 Å². The molecule has 3 heteroatoms. The molecule has 0 saturated heterocycles. The van der Waals surface area contributed by atoms with E-state index in [0.29, 0.717) is 0 Å². The Balaban J connectivity index is 2.27. The van der Waals surface area contributed by atoms with E-state index in [1.165, 1.54) is 16.3 Å². The van der Waals surface area contributed by atoms with Crippen molar-refractivity contribution >= 4 is 22.5 Å². The highest BCUT2D eigenvalue weighted by Crippen LogP contribution is 2.27. The van der Waals surface area contributed by atoms with E-state index >= 15 is 0 Å². The minimum atomic E-state index is 0.852. The molecule has 0 bridgehead atoms. The van der Waals surface area contributed by atoms with Gasteiger partial charge in [-0.1, -0.05) is 30.3 Å². The summed E-state index contributed by atoms with van der Waals surface area (Å²) in [5.41, 5.74) is 1.25. The Bertz CT molecular complexity index is 513. The van der Waals surface area contributed by atoms with E-state index in [-0.39, 0.29) is 0 Å². The highest BCUT2D eigenvalue weighted by molar-refractivity contribution is 7.98. The van der Waals surface area contributed by atoms with Crippen molar-refractivity contribution < 1.29 is 4.74 Å². The van der Waals surface area contributed by atoms with Crippen molar-refractivity contribution in [1.29, 1.82) is 0 Å². The average Bonchev–Trinajstić information content (AvgIpc) is 2.43. The molecule has 1 N–H and O–H groups in total. The SMILES string of the molecule is COc1ccc2ccccc2c1CNCCSC. The van der Waals surface area contributed by atoms with Crippen molar-refractivity contribution in [3.8, 4) is 5.75 Å². The zero-order valence-corrected chi connectivity index (χ0v) is 11.7. The molecule has 0 aromatic heterocycles. The molecule has 0 amide bonds. The topological polar surface area (TPSA) is 21.3 Å². The molecule has 0 unspecified atom stereocenters. The summed E-state index contributed by atoms with van der Waals surface area (Å²) in [6, 6.07) is 12.6. The first-order valence-electron chi connectivity index (χ1n) is 6.11. The molecule has 2 rings (SSSR count). The van der Waals surface area contributed by atoms with Gasteiger partial charge in [0.25, 0.3) is 0 Å². The zero-order chi connectivity index (χ0) is 12.8. The van der Waals surface area contributed by atoms with Gasteiger partial charge in [0.2, 0.25) is 0 Å². The lowest BCUT2D eigenvalue weighted by atomic mass is 10.0. The monoisotopic (exact) mass is 261 g/mol. The minimum Gasteiger partial charge on any atom is -0.496 e. The van der Waals surface area contributed by atoms with Gasteiger partial charge in [-0.25, -0.2) is 0 Å². The fraction of sp³-hybridized carbons (Fsp3) is 0.333. The number of nitrogens with one attached hydrogen (secondary N) is 1. The van der Waals surface area contributed by atoms with Crippen molar-refractivity contribution in [2.75, 3.05) is 25.7 Å². The lowest BCUT2D eigenvalue weighted by molar-refractivity contribution is 0.409. The van der Waals surface area contributed by atoms with Crippen LogP contribution in [0.5, 0.6) is 5.75 Å². The summed E-state index contributed by atoms with van der Waals surface area (Å²) < 4.78 is 5.47. The van der Waals surface area contributed by atoms with Crippen LogP contribution in [0.4, 0.5) is 0 Å². The lowest BCUT2D eigenvalue weighted by Gasteiger charge is -2.12. The van der Waals surface area contributed by atoms with Gasteiger partial charge in [0, 0.05) is 24.4 Å². The van der Waals surface area contributed by atoms with Gasteiger partial charge in [0.15, 0.2) is 0 Å². The van der Waals surface area contributed by atoms with Crippen LogP contribution < -0.4 is 10.1 Å². The number of benzene rings is 2. The summed E-state index contributed by atoms with van der Waals surface area (Å²) in [4.78, 5) is 0. The van der Waals surface area contributed by atoms with Gasteiger partial charge in [0.05, 0.1) is 7.11 Å². The average molecular weight is 261 g/mol. The third-order valence-corrected chi connectivity index (χ3v) is 3.61. The van der Waals surface area contributed by atoms with Gasteiger partial charge in [-0.15, -0.1) is 0 Å². The maximum absolute atomic E-state index is 5.47. The number of ether oxygens (including phenoxy) is 1. The van der Waals surface area contributed by atoms with Crippen LogP contribution in [-0.2, 0) is 6.54 Å². The van der Waals surface area contributed by atoms with E-state index in [1.807, 2.05) is 17.8 Å². The minimum absolute atomic E-state index is 0.852. The van der Waals surface area contributed by atoms with Gasteiger partial charge in [-0.3, -0.25) is 0 Å². The van der Waals surface area contributed by atoms with Crippen LogP contribution in [-0.4, -0.2) is 25.7 Å². The number of hydrogen-bond donors (Lipinski definition) is 1. The van der Waals surface area contributed by atoms with Crippen LogP contribution in [0.25, 0.3) is 10.8 Å². The Morgan fingerprint density at radius 3 is 2.78 bits per heavy atom. The second-order valence-corrected chi connectivity index (χ2v) is 5.12. The molecule has 0 aliphatic heterocycles. The molecule has 0 aliphatic rings. The normalized spacial score (nSPS) is 10.8. The van der Waals surface area contributed by atoms with Crippen molar-refractivity contribution in [2.45, 2.75) is 6.54 Å². The Hall–Kier alpha value is -1.19. The number of hydrogen-bond acceptors (Lipinski definition) is 3. The third-order valence-electron chi connectivity index (χ3n) is 3.00. The Morgan fingerprint density at radius 2 is 2.00 bits per heavy atom. The maximum Gasteiger partial charge on any atom is 0.123 e. The van der Waals surface area contributed by atoms with E-state index in [9.17, 15) is 0 Å². The second-order valence-electron chi connectivity index (χ2n) is 4.14. The van der Waals surface area contributed by atoms with Crippen LogP contribution in [0.2, 0.25) is 0 Å². The summed E-state index contributed by atoms with van der Waals surface area (Å²) in [7, 11) is 1.73. The summed E-state index contributed by atoms with van der Waals surface area (Å²) in [6.07, 6.45) is 2.13. The lowest BCUT2D eigenvalue weighted by Crippen LogP contribution is -2.17. The Labute approximate surface area is 113 Å². The van der Waals surface area contributed by atoms with Gasteiger partial charge in [-0.2, -0.15) is 11.8 Å². The fourth-order valence-corrected chi connectivity index (χ4v) is 2.43. The summed E-state index contributed by atoms with van der Waals surface area (Å²) in [6.45, 7) is 1.87. The summed E-state index contributed by atoms with van der Waals surface area (Å²) in [5, 5.41) is 6.00. The van der Waals surface area contributed by atoms with E-state index < -0.39 is 0 Å². The highest BCUT2D eigenvalue weighted by atomic mass is 32.2. The smallest absolute Gasteiger partial charge is 0.123 e. The first-order valence-corrected chi connectivity index (χ1v) is 7.50. The van der Waals surface area contributed by atoms with E-state index in [2.05, 4.69) is 41.9 Å². The second kappa shape index (κ2) is 6.66. The Morgan fingerprint density at radius 1 is 1.17 bits per heavy atom. The predicted octanol–water partition coefficient (Wildman–Crippen LogP) is 3.30. The first-order chi connectivity index (χ1) is 8.86. The molecule has 2 nitrogen and oxygen atoms in total. The fourth-order valence-electron chi connectivity index (χ4n) is 2.08. The largest absolute Gasteiger partial charge is 0.496 e. The van der Waals surface area contributed by atoms with Gasteiger partial charge in [-0.05, 0) is 23.1 Å². The molecule has 96 valence electrons. The zero-order valence-electron chi connectivity index (χ0n) is 10.9. The molecule has 0 atom stereocenters. The molecular formula is C15H19NOS. The molecule has 0 saturated carbocycles. The van der Waals surface area contributed by atoms with Crippen molar-refractivity contribution in [3.63, 3.8) is 0 Å². The van der Waals surface area contributed by atoms with Crippen LogP contribution >= 0.6 is 11.8 Å². The summed E-state index contributed by atoms with van der Waals surface area (Å²) in [5.74, 6) is 2.10. The van der Waals surface area contributed by atoms with Gasteiger partial charge in [0.1, 0.15) is 5.75 Å². The van der Waals surface area contributed by atoms with E-state index in [1.54, 1.807) is 7.11 Å². The molecule has 18 heavy (non-hydrogen) atoms. The first kappa shape index (κ1) is 13.2. The number of methoxy groups -OCH3 is 1. The van der Waals surface area contributed by atoms with Crippen molar-refractivity contribution in [3.05, 3.63) is 42.0 Å². The number of thioether (sulfide) groups is 1. The highest BCUT2D eigenvalue weighted by Gasteiger charge is 2.07. The summed E-state index contributed by atoms with van der Waals surface area (Å²) >= 11 is 1.86. The van der Waals surface area contributed by atoms with Crippen molar-refractivity contribution in [2.24, 2.45) is 0 Å². The molecule has 0 fully saturated rings. The Kier molecular flexibility index (Phi) is 4.90. The van der Waals surface area contributed by atoms with Crippen LogP contribution in [0, 0.1) is 0 Å². The third kappa shape index (κ3) is 2.98. The molecule has 2 aromatic carbocycles. The molecule has 0 spiro atoms. The van der Waals surface area contributed by atoms with E-state index in [4.69, 9.17) is 4.74 Å². The molecule has 2 aromatic rings. The molecular weight excluding hydrogens is 242 g/mol. The quantitative estimate of drug-likeness (QED) is 0.806. The molecule has 0 heterocycles. The maximum atomic E-state index is 5.47. The van der Waals surface area contributed by atoms with Crippen LogP contribution in [0.1, 0.15) is 5.56 Å². The van der Waals surface area contributed by atoms with E-state index in [0.717, 1.165) is 24.6 Å². The number of rotatable bonds is 6. The predicted molar refractivity (Wildman–Crippen MR) is 80.6 cm³/mol. The number of fused-ring (bicyclic) bond motifs is 1. The van der Waals surface area contributed by atoms with Crippen LogP contribution in [0.15, 0.2) is 36.4 Å². The van der Waals surface area contributed by atoms with Crippen molar-refractivity contribution in [1.82, 2.24) is 5.32 Å².